The van der Waals surface area contributed by atoms with Crippen LogP contribution in [0.1, 0.15) is 16.7 Å². The lowest BCUT2D eigenvalue weighted by Gasteiger charge is -2.11. The minimum absolute atomic E-state index is 0.0264. The van der Waals surface area contributed by atoms with Crippen LogP contribution in [0.4, 0.5) is 5.69 Å². The summed E-state index contributed by atoms with van der Waals surface area (Å²) in [6, 6.07) is 13.2. The second kappa shape index (κ2) is 6.90. The molecule has 0 bridgehead atoms. The average Bonchev–Trinajstić information content (AvgIpc) is 2.49. The smallest absolute Gasteiger partial charge is 0.262 e. The highest BCUT2D eigenvalue weighted by molar-refractivity contribution is 5.92. The normalized spacial score (nSPS) is 10.2. The number of para-hydroxylation sites is 1. The summed E-state index contributed by atoms with van der Waals surface area (Å²) >= 11 is 0. The molecule has 3 N–H and O–H groups in total. The number of benzene rings is 2. The van der Waals surface area contributed by atoms with Gasteiger partial charge in [-0.05, 0) is 48.7 Å². The quantitative estimate of drug-likeness (QED) is 0.887. The zero-order valence-electron chi connectivity index (χ0n) is 12.3. The topological polar surface area (TPSA) is 64.3 Å². The zero-order valence-corrected chi connectivity index (χ0v) is 12.3. The van der Waals surface area contributed by atoms with Crippen LogP contribution in [0.5, 0.6) is 5.75 Å². The van der Waals surface area contributed by atoms with E-state index >= 15 is 0 Å². The van der Waals surface area contributed by atoms with Crippen LogP contribution in [-0.4, -0.2) is 12.5 Å². The zero-order chi connectivity index (χ0) is 15.2. The molecule has 0 aliphatic heterocycles. The number of hydrogen-bond acceptors (Lipinski definition) is 3. The third kappa shape index (κ3) is 4.07. The lowest BCUT2D eigenvalue weighted by molar-refractivity contribution is -0.118. The molecule has 0 atom stereocenters. The highest BCUT2D eigenvalue weighted by atomic mass is 16.5. The largest absolute Gasteiger partial charge is 0.484 e. The first kappa shape index (κ1) is 15.1. The average molecular weight is 284 g/mol. The summed E-state index contributed by atoms with van der Waals surface area (Å²) in [7, 11) is 0. The molecule has 2 aromatic carbocycles. The maximum Gasteiger partial charge on any atom is 0.262 e. The van der Waals surface area contributed by atoms with Crippen molar-refractivity contribution in [3.05, 3.63) is 59.2 Å². The molecule has 0 saturated carbocycles. The van der Waals surface area contributed by atoms with Crippen molar-refractivity contribution in [3.63, 3.8) is 0 Å². The van der Waals surface area contributed by atoms with E-state index in [0.29, 0.717) is 12.3 Å². The first-order valence-electron chi connectivity index (χ1n) is 6.88. The molecule has 1 amide bonds. The Labute approximate surface area is 124 Å². The van der Waals surface area contributed by atoms with Gasteiger partial charge in [0.1, 0.15) is 5.75 Å². The van der Waals surface area contributed by atoms with Gasteiger partial charge in [0, 0.05) is 12.2 Å². The Morgan fingerprint density at radius 2 is 1.90 bits per heavy atom. The van der Waals surface area contributed by atoms with Gasteiger partial charge in [-0.25, -0.2) is 0 Å². The standard InChI is InChI=1S/C17H20N2O2/c1-12-7-8-15(9-13(12)2)21-11-17(20)19-16-6-4-3-5-14(16)10-18/h3-9H,10-11,18H2,1-2H3,(H,19,20). The van der Waals surface area contributed by atoms with E-state index in [0.717, 1.165) is 16.8 Å². The summed E-state index contributed by atoms with van der Waals surface area (Å²) in [5, 5.41) is 2.81. The monoisotopic (exact) mass is 284 g/mol. The summed E-state index contributed by atoms with van der Waals surface area (Å²) in [5.41, 5.74) is 9.61. The van der Waals surface area contributed by atoms with Crippen molar-refractivity contribution in [2.24, 2.45) is 5.73 Å². The summed E-state index contributed by atoms with van der Waals surface area (Å²) < 4.78 is 5.51. The third-order valence-electron chi connectivity index (χ3n) is 3.36. The Hall–Kier alpha value is -2.33. The molecule has 0 aliphatic rings. The fraction of sp³-hybridized carbons (Fsp3) is 0.235. The molecular formula is C17H20N2O2. The van der Waals surface area contributed by atoms with Crippen LogP contribution in [0, 0.1) is 13.8 Å². The predicted octanol–water partition coefficient (Wildman–Crippen LogP) is 2.78. The number of ether oxygens (including phenoxy) is 1. The van der Waals surface area contributed by atoms with Crippen LogP contribution in [-0.2, 0) is 11.3 Å². The van der Waals surface area contributed by atoms with E-state index in [1.54, 1.807) is 0 Å². The van der Waals surface area contributed by atoms with Gasteiger partial charge in [0.25, 0.3) is 5.91 Å². The molecule has 0 fully saturated rings. The lowest BCUT2D eigenvalue weighted by atomic mass is 10.1. The Bertz CT molecular complexity index is 638. The molecule has 0 heterocycles. The van der Waals surface area contributed by atoms with Gasteiger partial charge in [-0.2, -0.15) is 0 Å². The first-order valence-corrected chi connectivity index (χ1v) is 6.88. The third-order valence-corrected chi connectivity index (χ3v) is 3.36. The molecule has 4 heteroatoms. The van der Waals surface area contributed by atoms with Crippen molar-refractivity contribution in [2.45, 2.75) is 20.4 Å². The van der Waals surface area contributed by atoms with Crippen molar-refractivity contribution < 1.29 is 9.53 Å². The van der Waals surface area contributed by atoms with Gasteiger partial charge in [-0.15, -0.1) is 0 Å². The minimum Gasteiger partial charge on any atom is -0.484 e. The van der Waals surface area contributed by atoms with E-state index in [4.69, 9.17) is 10.5 Å². The molecule has 0 aromatic heterocycles. The Balaban J connectivity index is 1.94. The molecule has 110 valence electrons. The maximum absolute atomic E-state index is 11.9. The van der Waals surface area contributed by atoms with Crippen LogP contribution >= 0.6 is 0 Å². The number of anilines is 1. The summed E-state index contributed by atoms with van der Waals surface area (Å²) in [4.78, 5) is 11.9. The molecule has 4 nitrogen and oxygen atoms in total. The van der Waals surface area contributed by atoms with E-state index in [2.05, 4.69) is 5.32 Å². The van der Waals surface area contributed by atoms with Crippen LogP contribution in [0.3, 0.4) is 0 Å². The number of carbonyl (C=O) groups is 1. The molecule has 0 saturated heterocycles. The van der Waals surface area contributed by atoms with E-state index in [-0.39, 0.29) is 12.5 Å². The van der Waals surface area contributed by atoms with E-state index < -0.39 is 0 Å². The Morgan fingerprint density at radius 1 is 1.14 bits per heavy atom. The number of nitrogens with two attached hydrogens (primary N) is 1. The molecular weight excluding hydrogens is 264 g/mol. The molecule has 0 aliphatic carbocycles. The van der Waals surface area contributed by atoms with E-state index in [1.807, 2.05) is 56.3 Å². The highest BCUT2D eigenvalue weighted by Crippen LogP contribution is 2.17. The number of hydrogen-bond donors (Lipinski definition) is 2. The van der Waals surface area contributed by atoms with Gasteiger partial charge in [-0.3, -0.25) is 4.79 Å². The van der Waals surface area contributed by atoms with Gasteiger partial charge < -0.3 is 15.8 Å². The van der Waals surface area contributed by atoms with Crippen molar-refractivity contribution in [1.29, 1.82) is 0 Å². The fourth-order valence-electron chi connectivity index (χ4n) is 1.96. The Morgan fingerprint density at radius 3 is 2.62 bits per heavy atom. The number of carbonyl (C=O) groups excluding carboxylic acids is 1. The summed E-state index contributed by atoms with van der Waals surface area (Å²) in [6.07, 6.45) is 0. The number of amides is 1. The second-order valence-electron chi connectivity index (χ2n) is 4.94. The molecule has 21 heavy (non-hydrogen) atoms. The van der Waals surface area contributed by atoms with Crippen molar-refractivity contribution in [2.75, 3.05) is 11.9 Å². The van der Waals surface area contributed by atoms with Gasteiger partial charge >= 0.3 is 0 Å². The molecule has 0 spiro atoms. The second-order valence-corrected chi connectivity index (χ2v) is 4.94. The molecule has 0 radical (unpaired) electrons. The van der Waals surface area contributed by atoms with E-state index in [1.165, 1.54) is 5.56 Å². The van der Waals surface area contributed by atoms with Crippen LogP contribution in [0.25, 0.3) is 0 Å². The number of rotatable bonds is 5. The maximum atomic E-state index is 11.9. The first-order chi connectivity index (χ1) is 10.1. The number of nitrogens with one attached hydrogen (secondary N) is 1. The predicted molar refractivity (Wildman–Crippen MR) is 84.4 cm³/mol. The SMILES string of the molecule is Cc1ccc(OCC(=O)Nc2ccccc2CN)cc1C. The van der Waals surface area contributed by atoms with Crippen molar-refractivity contribution in [3.8, 4) is 5.75 Å². The van der Waals surface area contributed by atoms with Crippen LogP contribution < -0.4 is 15.8 Å². The highest BCUT2D eigenvalue weighted by Gasteiger charge is 2.07. The number of aryl methyl sites for hydroxylation is 2. The summed E-state index contributed by atoms with van der Waals surface area (Å²) in [6.45, 7) is 4.41. The van der Waals surface area contributed by atoms with Gasteiger partial charge in [0.2, 0.25) is 0 Å². The van der Waals surface area contributed by atoms with Crippen LogP contribution in [0.15, 0.2) is 42.5 Å². The van der Waals surface area contributed by atoms with Crippen molar-refractivity contribution >= 4 is 11.6 Å². The van der Waals surface area contributed by atoms with Gasteiger partial charge in [-0.1, -0.05) is 24.3 Å². The molecule has 2 rings (SSSR count). The summed E-state index contributed by atoms with van der Waals surface area (Å²) in [5.74, 6) is 0.495. The molecule has 0 unspecified atom stereocenters. The van der Waals surface area contributed by atoms with Crippen LogP contribution in [0.2, 0.25) is 0 Å². The van der Waals surface area contributed by atoms with Gasteiger partial charge in [0.15, 0.2) is 6.61 Å². The van der Waals surface area contributed by atoms with Crippen molar-refractivity contribution in [1.82, 2.24) is 0 Å². The lowest BCUT2D eigenvalue weighted by Crippen LogP contribution is -2.21. The molecule has 2 aromatic rings. The van der Waals surface area contributed by atoms with E-state index in [9.17, 15) is 4.79 Å². The van der Waals surface area contributed by atoms with Gasteiger partial charge in [0.05, 0.1) is 0 Å². The Kier molecular flexibility index (Phi) is 4.95. The minimum atomic E-state index is -0.200. The fourth-order valence-corrected chi connectivity index (χ4v) is 1.96.